The quantitative estimate of drug-likeness (QED) is 0.702. The van der Waals surface area contributed by atoms with E-state index in [-0.39, 0.29) is 23.7 Å². The van der Waals surface area contributed by atoms with E-state index in [9.17, 15) is 9.59 Å². The van der Waals surface area contributed by atoms with Gasteiger partial charge in [0, 0.05) is 11.4 Å². The number of anilines is 2. The molecule has 0 saturated heterocycles. The van der Waals surface area contributed by atoms with Crippen LogP contribution >= 0.6 is 0 Å². The first-order valence-electron chi connectivity index (χ1n) is 10.1. The molecular weight excluding hydrogens is 348 g/mol. The highest BCUT2D eigenvalue weighted by molar-refractivity contribution is 6.03. The fourth-order valence-corrected chi connectivity index (χ4v) is 3.56. The molecule has 2 aromatic carbocycles. The lowest BCUT2D eigenvalue weighted by Gasteiger charge is -2.20. The van der Waals surface area contributed by atoms with Crippen LogP contribution in [0.4, 0.5) is 11.4 Å². The number of aryl methyl sites for hydroxylation is 1. The molecule has 2 amide bonds. The molecule has 1 fully saturated rings. The molecule has 0 spiro atoms. The second-order valence-electron chi connectivity index (χ2n) is 8.41. The Labute approximate surface area is 167 Å². The summed E-state index contributed by atoms with van der Waals surface area (Å²) in [7, 11) is 0. The van der Waals surface area contributed by atoms with Gasteiger partial charge in [0.15, 0.2) is 0 Å². The molecule has 1 aliphatic carbocycles. The van der Waals surface area contributed by atoms with E-state index in [1.165, 1.54) is 0 Å². The molecule has 2 N–H and O–H groups in total. The van der Waals surface area contributed by atoms with Crippen LogP contribution in [-0.4, -0.2) is 11.8 Å². The Hall–Kier alpha value is -2.62. The molecule has 2 unspecified atom stereocenters. The standard InChI is InChI=1S/C24H30N2O2/c1-14(2)18-7-6-8-19(15(3)4)22(18)26-24(28)21-13-20(21)23(27)25-17-11-9-16(5)10-12-17/h6-12,14-15,20-21H,13H2,1-5H3,(H,25,27)(H,26,28). The van der Waals surface area contributed by atoms with Crippen molar-refractivity contribution in [2.75, 3.05) is 10.6 Å². The van der Waals surface area contributed by atoms with E-state index in [0.717, 1.165) is 28.1 Å². The summed E-state index contributed by atoms with van der Waals surface area (Å²) in [6.45, 7) is 10.5. The third-order valence-electron chi connectivity index (χ3n) is 5.40. The molecule has 4 nitrogen and oxygen atoms in total. The molecule has 1 aliphatic rings. The Morgan fingerprint density at radius 3 is 1.82 bits per heavy atom. The number of amides is 2. The normalized spacial score (nSPS) is 18.2. The number of carbonyl (C=O) groups excluding carboxylic acids is 2. The molecule has 148 valence electrons. The zero-order valence-corrected chi connectivity index (χ0v) is 17.4. The average Bonchev–Trinajstić information content (AvgIpc) is 3.44. The molecule has 3 rings (SSSR count). The van der Waals surface area contributed by atoms with Crippen molar-refractivity contribution in [2.24, 2.45) is 11.8 Å². The van der Waals surface area contributed by atoms with Crippen LogP contribution in [0.25, 0.3) is 0 Å². The summed E-state index contributed by atoms with van der Waals surface area (Å²) in [4.78, 5) is 25.3. The third-order valence-corrected chi connectivity index (χ3v) is 5.40. The van der Waals surface area contributed by atoms with Crippen LogP contribution in [0.15, 0.2) is 42.5 Å². The lowest BCUT2D eigenvalue weighted by molar-refractivity contribution is -0.122. The first kappa shape index (κ1) is 20.1. The predicted octanol–water partition coefficient (Wildman–Crippen LogP) is 5.46. The molecule has 0 aromatic heterocycles. The van der Waals surface area contributed by atoms with Crippen LogP contribution in [0.2, 0.25) is 0 Å². The Morgan fingerprint density at radius 2 is 1.32 bits per heavy atom. The largest absolute Gasteiger partial charge is 0.326 e. The number of para-hydroxylation sites is 1. The Bertz CT molecular complexity index is 842. The van der Waals surface area contributed by atoms with Gasteiger partial charge in [-0.25, -0.2) is 0 Å². The van der Waals surface area contributed by atoms with E-state index in [0.29, 0.717) is 18.3 Å². The van der Waals surface area contributed by atoms with Crippen molar-refractivity contribution >= 4 is 23.2 Å². The third kappa shape index (κ3) is 4.44. The van der Waals surface area contributed by atoms with Gasteiger partial charge in [0.2, 0.25) is 11.8 Å². The van der Waals surface area contributed by atoms with Crippen LogP contribution in [0, 0.1) is 18.8 Å². The minimum Gasteiger partial charge on any atom is -0.326 e. The zero-order valence-electron chi connectivity index (χ0n) is 17.4. The second kappa shape index (κ2) is 8.17. The van der Waals surface area contributed by atoms with Gasteiger partial charge in [-0.1, -0.05) is 63.6 Å². The molecule has 4 heteroatoms. The van der Waals surface area contributed by atoms with Crippen molar-refractivity contribution in [1.29, 1.82) is 0 Å². The second-order valence-corrected chi connectivity index (χ2v) is 8.41. The Kier molecular flexibility index (Phi) is 5.87. The highest BCUT2D eigenvalue weighted by Gasteiger charge is 2.48. The fraction of sp³-hybridized carbons (Fsp3) is 0.417. The molecule has 0 heterocycles. The van der Waals surface area contributed by atoms with Gasteiger partial charge < -0.3 is 10.6 Å². The lowest BCUT2D eigenvalue weighted by Crippen LogP contribution is -2.22. The van der Waals surface area contributed by atoms with Crippen LogP contribution < -0.4 is 10.6 Å². The summed E-state index contributed by atoms with van der Waals surface area (Å²) in [6, 6.07) is 13.9. The van der Waals surface area contributed by atoms with Gasteiger partial charge in [-0.3, -0.25) is 9.59 Å². The van der Waals surface area contributed by atoms with E-state index < -0.39 is 0 Å². The molecule has 2 atom stereocenters. The molecule has 28 heavy (non-hydrogen) atoms. The SMILES string of the molecule is Cc1ccc(NC(=O)C2CC2C(=O)Nc2c(C(C)C)cccc2C(C)C)cc1. The van der Waals surface area contributed by atoms with E-state index >= 15 is 0 Å². The summed E-state index contributed by atoms with van der Waals surface area (Å²) >= 11 is 0. The molecule has 2 aromatic rings. The van der Waals surface area contributed by atoms with Gasteiger partial charge >= 0.3 is 0 Å². The van der Waals surface area contributed by atoms with Crippen molar-refractivity contribution in [1.82, 2.24) is 0 Å². The number of benzene rings is 2. The smallest absolute Gasteiger partial charge is 0.228 e. The molecule has 0 radical (unpaired) electrons. The van der Waals surface area contributed by atoms with Gasteiger partial charge in [0.1, 0.15) is 0 Å². The monoisotopic (exact) mass is 378 g/mol. The van der Waals surface area contributed by atoms with Crippen molar-refractivity contribution in [3.8, 4) is 0 Å². The van der Waals surface area contributed by atoms with Crippen molar-refractivity contribution < 1.29 is 9.59 Å². The topological polar surface area (TPSA) is 58.2 Å². The fourth-order valence-electron chi connectivity index (χ4n) is 3.56. The van der Waals surface area contributed by atoms with Crippen molar-refractivity contribution in [2.45, 2.75) is 52.9 Å². The number of hydrogen-bond acceptors (Lipinski definition) is 2. The van der Waals surface area contributed by atoms with Gasteiger partial charge in [0.25, 0.3) is 0 Å². The van der Waals surface area contributed by atoms with E-state index in [1.807, 2.05) is 31.2 Å². The lowest BCUT2D eigenvalue weighted by atomic mass is 9.92. The highest BCUT2D eigenvalue weighted by Crippen LogP contribution is 2.41. The summed E-state index contributed by atoms with van der Waals surface area (Å²) in [6.07, 6.45) is 0.602. The molecule has 1 saturated carbocycles. The molecule has 0 aliphatic heterocycles. The summed E-state index contributed by atoms with van der Waals surface area (Å²) < 4.78 is 0. The maximum Gasteiger partial charge on any atom is 0.228 e. The Morgan fingerprint density at radius 1 is 0.821 bits per heavy atom. The van der Waals surface area contributed by atoms with Gasteiger partial charge in [0.05, 0.1) is 11.8 Å². The summed E-state index contributed by atoms with van der Waals surface area (Å²) in [5, 5.41) is 6.06. The number of rotatable bonds is 6. The van der Waals surface area contributed by atoms with Crippen LogP contribution in [-0.2, 0) is 9.59 Å². The van der Waals surface area contributed by atoms with E-state index in [2.05, 4.69) is 56.5 Å². The highest BCUT2D eigenvalue weighted by atomic mass is 16.2. The number of nitrogens with one attached hydrogen (secondary N) is 2. The summed E-state index contributed by atoms with van der Waals surface area (Å²) in [5.41, 5.74) is 5.11. The number of hydrogen-bond donors (Lipinski definition) is 2. The van der Waals surface area contributed by atoms with Crippen molar-refractivity contribution in [3.63, 3.8) is 0 Å². The van der Waals surface area contributed by atoms with Crippen molar-refractivity contribution in [3.05, 3.63) is 59.2 Å². The average molecular weight is 379 g/mol. The van der Waals surface area contributed by atoms with Gasteiger partial charge in [-0.05, 0) is 48.4 Å². The van der Waals surface area contributed by atoms with Crippen LogP contribution in [0.1, 0.15) is 62.6 Å². The number of carbonyl (C=O) groups is 2. The molecule has 0 bridgehead atoms. The maximum absolute atomic E-state index is 12.8. The van der Waals surface area contributed by atoms with Crippen LogP contribution in [0.3, 0.4) is 0 Å². The minimum absolute atomic E-state index is 0.0564. The summed E-state index contributed by atoms with van der Waals surface area (Å²) in [5.74, 6) is -0.0207. The van der Waals surface area contributed by atoms with Crippen LogP contribution in [0.5, 0.6) is 0 Å². The maximum atomic E-state index is 12.8. The van der Waals surface area contributed by atoms with E-state index in [1.54, 1.807) is 0 Å². The minimum atomic E-state index is -0.259. The van der Waals surface area contributed by atoms with E-state index in [4.69, 9.17) is 0 Å². The molecular formula is C24H30N2O2. The first-order chi connectivity index (χ1) is 13.3. The zero-order chi connectivity index (χ0) is 20.4. The Balaban J connectivity index is 1.68. The van der Waals surface area contributed by atoms with Gasteiger partial charge in [-0.15, -0.1) is 0 Å². The predicted molar refractivity (Wildman–Crippen MR) is 115 cm³/mol. The first-order valence-corrected chi connectivity index (χ1v) is 10.1. The van der Waals surface area contributed by atoms with Gasteiger partial charge in [-0.2, -0.15) is 0 Å².